The van der Waals surface area contributed by atoms with Crippen LogP contribution in [0.25, 0.3) is 0 Å². The van der Waals surface area contributed by atoms with Gasteiger partial charge in [0.1, 0.15) is 0 Å². The van der Waals surface area contributed by atoms with E-state index in [4.69, 9.17) is 5.11 Å². The molecule has 0 bridgehead atoms. The van der Waals surface area contributed by atoms with Crippen LogP contribution in [0.15, 0.2) is 10.5 Å². The molecule has 0 aromatic heterocycles. The lowest BCUT2D eigenvalue weighted by molar-refractivity contribution is 0.149. The first-order valence-electron chi connectivity index (χ1n) is 4.54. The van der Waals surface area contributed by atoms with Gasteiger partial charge in [-0.2, -0.15) is 0 Å². The van der Waals surface area contributed by atoms with Gasteiger partial charge in [-0.3, -0.25) is 0 Å². The fourth-order valence-electron chi connectivity index (χ4n) is 1.45. The lowest BCUT2D eigenvalue weighted by Gasteiger charge is -2.12. The highest BCUT2D eigenvalue weighted by Gasteiger charge is 2.41. The van der Waals surface area contributed by atoms with Gasteiger partial charge >= 0.3 is 0 Å². The number of hydrogen-bond acceptors (Lipinski definition) is 3. The summed E-state index contributed by atoms with van der Waals surface area (Å²) in [6, 6.07) is 1.22. The quantitative estimate of drug-likeness (QED) is 0.725. The van der Waals surface area contributed by atoms with Crippen molar-refractivity contribution in [2.45, 2.75) is 24.9 Å². The summed E-state index contributed by atoms with van der Waals surface area (Å²) in [4.78, 5) is 0. The summed E-state index contributed by atoms with van der Waals surface area (Å²) in [7, 11) is 0. The minimum absolute atomic E-state index is 0.146. The van der Waals surface area contributed by atoms with Gasteiger partial charge in [-0.1, -0.05) is 15.9 Å². The van der Waals surface area contributed by atoms with Crippen LogP contribution in [-0.4, -0.2) is 20.9 Å². The van der Waals surface area contributed by atoms with E-state index in [1.165, 1.54) is 6.07 Å². The summed E-state index contributed by atoms with van der Waals surface area (Å²) in [5.41, 5.74) is -0.641. The van der Waals surface area contributed by atoms with Gasteiger partial charge < -0.3 is 15.3 Å². The number of aromatic hydroxyl groups is 2. The highest BCUT2D eigenvalue weighted by molar-refractivity contribution is 9.10. The predicted octanol–water partition coefficient (Wildman–Crippen LogP) is 2.07. The Morgan fingerprint density at radius 2 is 2.00 bits per heavy atom. The highest BCUT2D eigenvalue weighted by atomic mass is 79.9. The third kappa shape index (κ3) is 1.94. The number of halogens is 2. The van der Waals surface area contributed by atoms with Crippen LogP contribution in [0.3, 0.4) is 0 Å². The zero-order chi connectivity index (χ0) is 11.2. The van der Waals surface area contributed by atoms with Crippen molar-refractivity contribution in [3.05, 3.63) is 21.9 Å². The second-order valence-electron chi connectivity index (χ2n) is 3.92. The molecule has 1 aromatic carbocycles. The molecule has 0 unspecified atom stereocenters. The van der Waals surface area contributed by atoms with Gasteiger partial charge in [0, 0.05) is 16.5 Å². The van der Waals surface area contributed by atoms with Crippen LogP contribution < -0.4 is 0 Å². The fraction of sp³-hybridized carbons (Fsp3) is 0.400. The monoisotopic (exact) mass is 276 g/mol. The Labute approximate surface area is 94.3 Å². The lowest BCUT2D eigenvalue weighted by atomic mass is 10.1. The van der Waals surface area contributed by atoms with Crippen LogP contribution in [0.1, 0.15) is 18.4 Å². The van der Waals surface area contributed by atoms with Crippen LogP contribution in [0.2, 0.25) is 0 Å². The predicted molar refractivity (Wildman–Crippen MR) is 55.3 cm³/mol. The van der Waals surface area contributed by atoms with E-state index in [1.807, 2.05) is 0 Å². The summed E-state index contributed by atoms with van der Waals surface area (Å²) < 4.78 is 13.9. The second-order valence-corrected chi connectivity index (χ2v) is 4.77. The molecule has 0 atom stereocenters. The average Bonchev–Trinajstić information content (AvgIpc) is 2.89. The molecule has 3 N–H and O–H groups in total. The Morgan fingerprint density at radius 1 is 1.40 bits per heavy atom. The first kappa shape index (κ1) is 10.7. The molecule has 82 valence electrons. The van der Waals surface area contributed by atoms with Crippen molar-refractivity contribution < 1.29 is 19.7 Å². The van der Waals surface area contributed by atoms with Crippen LogP contribution >= 0.6 is 15.9 Å². The molecule has 5 heteroatoms. The van der Waals surface area contributed by atoms with Crippen molar-refractivity contribution in [2.24, 2.45) is 0 Å². The molecular weight excluding hydrogens is 267 g/mol. The zero-order valence-corrected chi connectivity index (χ0v) is 9.38. The van der Waals surface area contributed by atoms with Crippen molar-refractivity contribution in [2.75, 3.05) is 0 Å². The first-order valence-corrected chi connectivity index (χ1v) is 5.33. The Kier molecular flexibility index (Phi) is 2.39. The smallest absolute Gasteiger partial charge is 0.194 e. The van der Waals surface area contributed by atoms with E-state index in [0.29, 0.717) is 17.3 Å². The van der Waals surface area contributed by atoms with E-state index in [-0.39, 0.29) is 12.0 Å². The maximum Gasteiger partial charge on any atom is 0.194 e. The molecule has 1 fully saturated rings. The third-order valence-corrected chi connectivity index (χ3v) is 3.31. The maximum atomic E-state index is 13.5. The molecule has 0 radical (unpaired) electrons. The molecule has 0 aliphatic heterocycles. The number of hydrogen-bond donors (Lipinski definition) is 3. The van der Waals surface area contributed by atoms with E-state index in [0.717, 1.165) is 0 Å². The number of aliphatic hydroxyl groups is 1. The zero-order valence-electron chi connectivity index (χ0n) is 7.80. The molecule has 15 heavy (non-hydrogen) atoms. The minimum atomic E-state index is -0.873. The van der Waals surface area contributed by atoms with Gasteiger partial charge in [0.15, 0.2) is 17.3 Å². The molecule has 0 saturated heterocycles. The SMILES string of the molecule is Oc1cc(Br)c(CC2(O)CC2)c(F)c1O. The molecule has 0 heterocycles. The van der Waals surface area contributed by atoms with Gasteiger partial charge in [-0.15, -0.1) is 0 Å². The normalized spacial score (nSPS) is 17.8. The lowest BCUT2D eigenvalue weighted by Crippen LogP contribution is -2.12. The van der Waals surface area contributed by atoms with Gasteiger partial charge in [0.05, 0.1) is 5.60 Å². The fourth-order valence-corrected chi connectivity index (χ4v) is 1.98. The molecule has 0 amide bonds. The highest BCUT2D eigenvalue weighted by Crippen LogP contribution is 2.43. The first-order chi connectivity index (χ1) is 6.93. The van der Waals surface area contributed by atoms with Crippen molar-refractivity contribution in [1.82, 2.24) is 0 Å². The Bertz CT molecular complexity index is 416. The largest absolute Gasteiger partial charge is 0.504 e. The van der Waals surface area contributed by atoms with Crippen LogP contribution in [0.4, 0.5) is 4.39 Å². The molecule has 1 saturated carbocycles. The van der Waals surface area contributed by atoms with E-state index in [1.54, 1.807) is 0 Å². The molecule has 0 spiro atoms. The molecule has 1 aliphatic carbocycles. The third-order valence-electron chi connectivity index (χ3n) is 2.60. The second kappa shape index (κ2) is 3.35. The number of phenols is 2. The number of phenolic OH excluding ortho intramolecular Hbond substituents is 2. The van der Waals surface area contributed by atoms with E-state index < -0.39 is 22.9 Å². The molecule has 1 aliphatic rings. The van der Waals surface area contributed by atoms with Gasteiger partial charge in [0.25, 0.3) is 0 Å². The molecule has 3 nitrogen and oxygen atoms in total. The van der Waals surface area contributed by atoms with Crippen LogP contribution in [-0.2, 0) is 6.42 Å². The summed E-state index contributed by atoms with van der Waals surface area (Å²) in [5.74, 6) is -2.15. The van der Waals surface area contributed by atoms with Crippen LogP contribution in [0, 0.1) is 5.82 Å². The summed E-state index contributed by atoms with van der Waals surface area (Å²) in [6.45, 7) is 0. The van der Waals surface area contributed by atoms with Gasteiger partial charge in [-0.05, 0) is 18.9 Å². The van der Waals surface area contributed by atoms with Crippen molar-refractivity contribution >= 4 is 15.9 Å². The topological polar surface area (TPSA) is 60.7 Å². The average molecular weight is 277 g/mol. The Hall–Kier alpha value is -0.810. The van der Waals surface area contributed by atoms with E-state index in [2.05, 4.69) is 15.9 Å². The number of benzene rings is 1. The van der Waals surface area contributed by atoms with Crippen molar-refractivity contribution in [3.63, 3.8) is 0 Å². The van der Waals surface area contributed by atoms with Crippen LogP contribution in [0.5, 0.6) is 11.5 Å². The summed E-state index contributed by atoms with van der Waals surface area (Å²) in [6.07, 6.45) is 1.42. The van der Waals surface area contributed by atoms with Gasteiger partial charge in [-0.25, -0.2) is 4.39 Å². The summed E-state index contributed by atoms with van der Waals surface area (Å²) in [5, 5.41) is 28.0. The molecular formula is C10H10BrFO3. The molecule has 1 aromatic rings. The van der Waals surface area contributed by atoms with Crippen molar-refractivity contribution in [1.29, 1.82) is 0 Å². The van der Waals surface area contributed by atoms with E-state index >= 15 is 0 Å². The molecule has 2 rings (SSSR count). The Balaban J connectivity index is 2.41. The summed E-state index contributed by atoms with van der Waals surface area (Å²) >= 11 is 3.09. The van der Waals surface area contributed by atoms with E-state index in [9.17, 15) is 14.6 Å². The van der Waals surface area contributed by atoms with Gasteiger partial charge in [0.2, 0.25) is 0 Å². The van der Waals surface area contributed by atoms with Crippen molar-refractivity contribution in [3.8, 4) is 11.5 Å². The standard InChI is InChI=1S/C10H10BrFO3/c11-6-3-7(13)9(14)8(12)5(6)4-10(15)1-2-10/h3,13-15H,1-2,4H2. The Morgan fingerprint density at radius 3 is 2.53 bits per heavy atom. The maximum absolute atomic E-state index is 13.5. The number of rotatable bonds is 2. The minimum Gasteiger partial charge on any atom is -0.504 e.